The van der Waals surface area contributed by atoms with Crippen molar-refractivity contribution in [2.45, 2.75) is 25.3 Å². The predicted octanol–water partition coefficient (Wildman–Crippen LogP) is 2.29. The third-order valence-corrected chi connectivity index (χ3v) is 3.98. The number of nitrogens with zero attached hydrogens (tertiary/aromatic N) is 1. The van der Waals surface area contributed by atoms with Crippen molar-refractivity contribution in [2.75, 3.05) is 13.6 Å². The lowest BCUT2D eigenvalue weighted by Crippen LogP contribution is -2.40. The zero-order chi connectivity index (χ0) is 13.7. The topological polar surface area (TPSA) is 46.3 Å². The van der Waals surface area contributed by atoms with Gasteiger partial charge in [0.05, 0.1) is 0 Å². The molecular formula is C16H22N2O. The number of amides is 1. The summed E-state index contributed by atoms with van der Waals surface area (Å²) in [6.07, 6.45) is 6.91. The largest absolute Gasteiger partial charge is 0.339 e. The zero-order valence-electron chi connectivity index (χ0n) is 11.5. The summed E-state index contributed by atoms with van der Waals surface area (Å²) in [7, 11) is 1.89. The fraction of sp³-hybridized carbons (Fsp3) is 0.438. The molecule has 0 aromatic heterocycles. The number of likely N-dealkylation sites (N-methyl/N-ethyl adjacent to an activating group) is 1. The molecule has 2 atom stereocenters. The summed E-state index contributed by atoms with van der Waals surface area (Å²) in [5, 5.41) is 0. The lowest BCUT2D eigenvalue weighted by Gasteiger charge is -2.28. The van der Waals surface area contributed by atoms with Gasteiger partial charge in [-0.25, -0.2) is 0 Å². The second-order valence-electron chi connectivity index (χ2n) is 5.19. The van der Waals surface area contributed by atoms with Crippen molar-refractivity contribution in [3.05, 3.63) is 42.0 Å². The molecule has 102 valence electrons. The van der Waals surface area contributed by atoms with Crippen LogP contribution < -0.4 is 5.73 Å². The van der Waals surface area contributed by atoms with Gasteiger partial charge in [0.25, 0.3) is 0 Å². The second kappa shape index (κ2) is 6.53. The zero-order valence-corrected chi connectivity index (χ0v) is 11.5. The average molecular weight is 258 g/mol. The van der Waals surface area contributed by atoms with Gasteiger partial charge in [-0.1, -0.05) is 36.8 Å². The molecule has 0 bridgehead atoms. The second-order valence-corrected chi connectivity index (χ2v) is 5.19. The summed E-state index contributed by atoms with van der Waals surface area (Å²) in [6, 6.07) is 10.2. The number of nitrogens with two attached hydrogens (primary N) is 1. The number of hydrogen-bond donors (Lipinski definition) is 1. The van der Waals surface area contributed by atoms with Gasteiger partial charge in [0, 0.05) is 19.2 Å². The minimum absolute atomic E-state index is 0.0641. The first kappa shape index (κ1) is 13.8. The van der Waals surface area contributed by atoms with Crippen LogP contribution in [0.2, 0.25) is 0 Å². The van der Waals surface area contributed by atoms with Crippen molar-refractivity contribution in [1.82, 2.24) is 4.90 Å². The molecule has 2 rings (SSSR count). The van der Waals surface area contributed by atoms with E-state index in [2.05, 4.69) is 0 Å². The van der Waals surface area contributed by atoms with Crippen molar-refractivity contribution in [3.8, 4) is 0 Å². The Morgan fingerprint density at radius 3 is 2.79 bits per heavy atom. The van der Waals surface area contributed by atoms with Gasteiger partial charge in [-0.15, -0.1) is 0 Å². The molecule has 1 aromatic carbocycles. The molecule has 0 saturated heterocycles. The Hall–Kier alpha value is -1.61. The van der Waals surface area contributed by atoms with E-state index in [-0.39, 0.29) is 5.91 Å². The number of benzene rings is 1. The lowest BCUT2D eigenvalue weighted by molar-refractivity contribution is -0.127. The van der Waals surface area contributed by atoms with Crippen LogP contribution >= 0.6 is 0 Å². The first-order chi connectivity index (χ1) is 9.22. The van der Waals surface area contributed by atoms with Crippen LogP contribution in [-0.4, -0.2) is 30.4 Å². The molecule has 19 heavy (non-hydrogen) atoms. The van der Waals surface area contributed by atoms with E-state index in [9.17, 15) is 4.79 Å². The van der Waals surface area contributed by atoms with Gasteiger partial charge in [-0.05, 0) is 36.9 Å². The third-order valence-electron chi connectivity index (χ3n) is 3.98. The summed E-state index contributed by atoms with van der Waals surface area (Å²) >= 11 is 0. The fourth-order valence-corrected chi connectivity index (χ4v) is 2.81. The molecule has 0 heterocycles. The molecule has 2 N–H and O–H groups in total. The maximum atomic E-state index is 12.2. The van der Waals surface area contributed by atoms with Crippen LogP contribution in [0.4, 0.5) is 0 Å². The number of carbonyl (C=O) groups excluding carboxylic acids is 1. The fourth-order valence-electron chi connectivity index (χ4n) is 2.81. The van der Waals surface area contributed by atoms with Gasteiger partial charge in [-0.2, -0.15) is 0 Å². The van der Waals surface area contributed by atoms with E-state index < -0.39 is 0 Å². The molecule has 1 fully saturated rings. The normalized spacial score (nSPS) is 22.8. The molecular weight excluding hydrogens is 236 g/mol. The highest BCUT2D eigenvalue weighted by molar-refractivity contribution is 5.91. The minimum atomic E-state index is 0.0641. The minimum Gasteiger partial charge on any atom is -0.339 e. The molecule has 3 nitrogen and oxygen atoms in total. The Kier molecular flexibility index (Phi) is 4.74. The summed E-state index contributed by atoms with van der Waals surface area (Å²) in [5.74, 6) is 0.522. The Morgan fingerprint density at radius 1 is 1.37 bits per heavy atom. The van der Waals surface area contributed by atoms with Gasteiger partial charge in [0.2, 0.25) is 5.91 Å². The molecule has 0 spiro atoms. The standard InChI is InChI=1S/C16H22N2O/c1-18(15-9-5-8-14(15)12-17)16(19)11-10-13-6-3-2-4-7-13/h2-4,6-7,10-11,14-15H,5,8-9,12,17H2,1H3. The Bertz CT molecular complexity index is 441. The van der Waals surface area contributed by atoms with Crippen LogP contribution in [-0.2, 0) is 4.79 Å². The van der Waals surface area contributed by atoms with Crippen LogP contribution in [0.3, 0.4) is 0 Å². The van der Waals surface area contributed by atoms with E-state index in [4.69, 9.17) is 5.73 Å². The molecule has 1 saturated carbocycles. The van der Waals surface area contributed by atoms with Crippen molar-refractivity contribution in [2.24, 2.45) is 11.7 Å². The summed E-state index contributed by atoms with van der Waals surface area (Å²) in [4.78, 5) is 14.0. The van der Waals surface area contributed by atoms with Gasteiger partial charge < -0.3 is 10.6 Å². The SMILES string of the molecule is CN(C(=O)C=Cc1ccccc1)C1CCCC1CN. The highest BCUT2D eigenvalue weighted by Crippen LogP contribution is 2.28. The van der Waals surface area contributed by atoms with E-state index in [1.807, 2.05) is 48.4 Å². The maximum Gasteiger partial charge on any atom is 0.246 e. The summed E-state index contributed by atoms with van der Waals surface area (Å²) in [6.45, 7) is 0.671. The average Bonchev–Trinajstić information content (AvgIpc) is 2.93. The van der Waals surface area contributed by atoms with Crippen molar-refractivity contribution in [3.63, 3.8) is 0 Å². The van der Waals surface area contributed by atoms with Gasteiger partial charge in [-0.3, -0.25) is 4.79 Å². The van der Waals surface area contributed by atoms with Crippen molar-refractivity contribution in [1.29, 1.82) is 0 Å². The smallest absolute Gasteiger partial charge is 0.246 e. The van der Waals surface area contributed by atoms with Crippen LogP contribution in [0.15, 0.2) is 36.4 Å². The molecule has 3 heteroatoms. The molecule has 2 unspecified atom stereocenters. The van der Waals surface area contributed by atoms with Crippen LogP contribution in [0, 0.1) is 5.92 Å². The molecule has 1 aliphatic rings. The first-order valence-electron chi connectivity index (χ1n) is 6.92. The van der Waals surface area contributed by atoms with E-state index in [1.54, 1.807) is 6.08 Å². The molecule has 1 aliphatic carbocycles. The number of hydrogen-bond acceptors (Lipinski definition) is 2. The lowest BCUT2D eigenvalue weighted by atomic mass is 10.0. The highest BCUT2D eigenvalue weighted by atomic mass is 16.2. The molecule has 1 aromatic rings. The van der Waals surface area contributed by atoms with E-state index in [0.29, 0.717) is 18.5 Å². The van der Waals surface area contributed by atoms with Gasteiger partial charge in [0.1, 0.15) is 0 Å². The van der Waals surface area contributed by atoms with E-state index in [0.717, 1.165) is 18.4 Å². The van der Waals surface area contributed by atoms with E-state index in [1.165, 1.54) is 6.42 Å². The molecule has 0 aliphatic heterocycles. The molecule has 0 radical (unpaired) electrons. The maximum absolute atomic E-state index is 12.2. The van der Waals surface area contributed by atoms with Crippen LogP contribution in [0.1, 0.15) is 24.8 Å². The summed E-state index contributed by atoms with van der Waals surface area (Å²) in [5.41, 5.74) is 6.82. The monoisotopic (exact) mass is 258 g/mol. The van der Waals surface area contributed by atoms with E-state index >= 15 is 0 Å². The number of carbonyl (C=O) groups is 1. The number of rotatable bonds is 4. The summed E-state index contributed by atoms with van der Waals surface area (Å²) < 4.78 is 0. The predicted molar refractivity (Wildman–Crippen MR) is 78.4 cm³/mol. The molecule has 1 amide bonds. The quantitative estimate of drug-likeness (QED) is 0.842. The highest BCUT2D eigenvalue weighted by Gasteiger charge is 2.30. The van der Waals surface area contributed by atoms with Crippen LogP contribution in [0.25, 0.3) is 6.08 Å². The van der Waals surface area contributed by atoms with Gasteiger partial charge >= 0.3 is 0 Å². The Labute approximate surface area is 115 Å². The van der Waals surface area contributed by atoms with Crippen molar-refractivity contribution >= 4 is 12.0 Å². The first-order valence-corrected chi connectivity index (χ1v) is 6.92. The van der Waals surface area contributed by atoms with Gasteiger partial charge in [0.15, 0.2) is 0 Å². The van der Waals surface area contributed by atoms with Crippen LogP contribution in [0.5, 0.6) is 0 Å². The van der Waals surface area contributed by atoms with Crippen molar-refractivity contribution < 1.29 is 4.79 Å². The Balaban J connectivity index is 1.98. The Morgan fingerprint density at radius 2 is 2.11 bits per heavy atom. The third kappa shape index (κ3) is 3.44.